The lowest BCUT2D eigenvalue weighted by atomic mass is 9.88. The highest BCUT2D eigenvalue weighted by Gasteiger charge is 2.38. The van der Waals surface area contributed by atoms with E-state index in [1.54, 1.807) is 0 Å². The zero-order valence-corrected chi connectivity index (χ0v) is 11.6. The largest absolute Gasteiger partial charge is 0.445 e. The van der Waals surface area contributed by atoms with E-state index < -0.39 is 0 Å². The number of hydrogen-bond donors (Lipinski definition) is 0. The van der Waals surface area contributed by atoms with Crippen molar-refractivity contribution in [2.45, 2.75) is 33.2 Å². The van der Waals surface area contributed by atoms with E-state index in [0.29, 0.717) is 5.92 Å². The first-order chi connectivity index (χ1) is 5.50. The smallest absolute Gasteiger partial charge is 0.187 e. The minimum Gasteiger partial charge on any atom is -0.445 e. The van der Waals surface area contributed by atoms with Gasteiger partial charge < -0.3 is 4.74 Å². The van der Waals surface area contributed by atoms with Crippen LogP contribution in [0.4, 0.5) is 0 Å². The maximum atomic E-state index is 5.45. The van der Waals surface area contributed by atoms with Gasteiger partial charge >= 0.3 is 0 Å². The van der Waals surface area contributed by atoms with Crippen LogP contribution in [0.15, 0.2) is 15.7 Å². The Morgan fingerprint density at radius 1 is 1.54 bits per heavy atom. The van der Waals surface area contributed by atoms with Gasteiger partial charge in [0.05, 0.1) is 0 Å². The number of rotatable bonds is 1. The van der Waals surface area contributed by atoms with Crippen molar-refractivity contribution in [1.82, 2.24) is 0 Å². The predicted molar refractivity (Wildman–Crippen MR) is 64.8 cm³/mol. The molecule has 2 nitrogen and oxygen atoms in total. The summed E-state index contributed by atoms with van der Waals surface area (Å²) in [4.78, 5) is 6.28. The van der Waals surface area contributed by atoms with Gasteiger partial charge in [0.1, 0.15) is 11.3 Å². The van der Waals surface area contributed by atoms with Crippen LogP contribution in [-0.2, 0) is 4.74 Å². The quantitative estimate of drug-likeness (QED) is 0.724. The fourth-order valence-corrected chi connectivity index (χ4v) is 1.77. The molecule has 0 aromatic carbocycles. The van der Waals surface area contributed by atoms with Crippen molar-refractivity contribution < 1.29 is 4.74 Å². The Kier molecular flexibility index (Phi) is 4.66. The fourth-order valence-electron chi connectivity index (χ4n) is 1.21. The molecule has 0 radical (unpaired) electrons. The van der Waals surface area contributed by atoms with Gasteiger partial charge in [-0.05, 0) is 12.8 Å². The molecule has 13 heavy (non-hydrogen) atoms. The molecule has 0 bridgehead atoms. The van der Waals surface area contributed by atoms with Gasteiger partial charge in [0, 0.05) is 11.9 Å². The molecule has 0 aliphatic carbocycles. The molecular weight excluding hydrogens is 298 g/mol. The standard InChI is InChI=1S/C9H14BrNO.BrH/c1-6(2)9(4)8(5-10)12-7(3)11-9;/h5-6H,1-4H3;1H/b8-5-;. The molecule has 0 aromatic heterocycles. The molecule has 0 fully saturated rings. The molecule has 1 aliphatic heterocycles. The minimum absolute atomic E-state index is 0. The Balaban J connectivity index is 0.00000144. The summed E-state index contributed by atoms with van der Waals surface area (Å²) in [6.45, 7) is 8.25. The van der Waals surface area contributed by atoms with E-state index in [1.807, 2.05) is 11.9 Å². The second-order valence-electron chi connectivity index (χ2n) is 3.51. The van der Waals surface area contributed by atoms with Crippen molar-refractivity contribution in [1.29, 1.82) is 0 Å². The number of nitrogens with zero attached hydrogens (tertiary/aromatic N) is 1. The van der Waals surface area contributed by atoms with Crippen LogP contribution in [-0.4, -0.2) is 11.4 Å². The average molecular weight is 313 g/mol. The van der Waals surface area contributed by atoms with Gasteiger partial charge in [0.2, 0.25) is 0 Å². The van der Waals surface area contributed by atoms with Crippen molar-refractivity contribution in [3.05, 3.63) is 10.7 Å². The van der Waals surface area contributed by atoms with Crippen molar-refractivity contribution >= 4 is 38.8 Å². The van der Waals surface area contributed by atoms with Crippen molar-refractivity contribution in [2.24, 2.45) is 10.9 Å². The number of ether oxygens (including phenoxy) is 1. The summed E-state index contributed by atoms with van der Waals surface area (Å²) < 4.78 is 5.45. The van der Waals surface area contributed by atoms with E-state index in [-0.39, 0.29) is 22.5 Å². The summed E-state index contributed by atoms with van der Waals surface area (Å²) in [5, 5.41) is 0. The topological polar surface area (TPSA) is 21.6 Å². The van der Waals surface area contributed by atoms with Crippen LogP contribution in [0, 0.1) is 5.92 Å². The van der Waals surface area contributed by atoms with Gasteiger partial charge in [0.15, 0.2) is 5.90 Å². The summed E-state index contributed by atoms with van der Waals surface area (Å²) in [6, 6.07) is 0. The molecular formula is C9H15Br2NO. The number of hydrogen-bond acceptors (Lipinski definition) is 2. The third-order valence-corrected chi connectivity index (χ3v) is 2.79. The van der Waals surface area contributed by atoms with Crippen LogP contribution >= 0.6 is 32.9 Å². The number of halogens is 2. The lowest BCUT2D eigenvalue weighted by molar-refractivity contribution is 0.312. The van der Waals surface area contributed by atoms with Gasteiger partial charge in [-0.1, -0.05) is 29.8 Å². The zero-order chi connectivity index (χ0) is 9.35. The first kappa shape index (κ1) is 13.2. The van der Waals surface area contributed by atoms with Crippen LogP contribution in [0.3, 0.4) is 0 Å². The van der Waals surface area contributed by atoms with Crippen molar-refractivity contribution in [3.8, 4) is 0 Å². The molecule has 1 aliphatic rings. The summed E-state index contributed by atoms with van der Waals surface area (Å²) in [5.41, 5.74) is -0.187. The molecule has 1 rings (SSSR count). The maximum absolute atomic E-state index is 5.45. The lowest BCUT2D eigenvalue weighted by Gasteiger charge is -2.24. The molecule has 4 heteroatoms. The Bertz CT molecular complexity index is 248. The van der Waals surface area contributed by atoms with E-state index in [0.717, 1.165) is 11.7 Å². The number of aliphatic imine (C=N–C) groups is 1. The summed E-state index contributed by atoms with van der Waals surface area (Å²) >= 11 is 3.29. The Morgan fingerprint density at radius 2 is 2.08 bits per heavy atom. The third-order valence-electron chi connectivity index (χ3n) is 2.37. The van der Waals surface area contributed by atoms with E-state index >= 15 is 0 Å². The van der Waals surface area contributed by atoms with Crippen LogP contribution in [0.5, 0.6) is 0 Å². The average Bonchev–Trinajstić information content (AvgIpc) is 2.27. The van der Waals surface area contributed by atoms with E-state index in [9.17, 15) is 0 Å². The molecule has 1 unspecified atom stereocenters. The van der Waals surface area contributed by atoms with Gasteiger partial charge in [-0.3, -0.25) is 0 Å². The normalized spacial score (nSPS) is 30.0. The first-order valence-electron chi connectivity index (χ1n) is 4.06. The first-order valence-corrected chi connectivity index (χ1v) is 4.97. The van der Waals surface area contributed by atoms with Crippen LogP contribution in [0.25, 0.3) is 0 Å². The fraction of sp³-hybridized carbons (Fsp3) is 0.667. The SMILES string of the molecule is Br.CC1=NC(C)(C(C)C)/C(=C/Br)O1. The molecule has 0 amide bonds. The molecule has 1 atom stereocenters. The summed E-state index contributed by atoms with van der Waals surface area (Å²) in [7, 11) is 0. The van der Waals surface area contributed by atoms with E-state index in [1.165, 1.54) is 0 Å². The molecule has 0 N–H and O–H groups in total. The molecule has 0 aromatic rings. The Morgan fingerprint density at radius 3 is 2.38 bits per heavy atom. The van der Waals surface area contributed by atoms with Gasteiger partial charge in [-0.2, -0.15) is 0 Å². The highest BCUT2D eigenvalue weighted by molar-refractivity contribution is 9.11. The van der Waals surface area contributed by atoms with Crippen LogP contribution < -0.4 is 0 Å². The Labute approximate surface area is 98.4 Å². The molecule has 0 saturated carbocycles. The summed E-state index contributed by atoms with van der Waals surface area (Å²) in [6.07, 6.45) is 0. The minimum atomic E-state index is -0.187. The van der Waals surface area contributed by atoms with E-state index in [2.05, 4.69) is 41.7 Å². The van der Waals surface area contributed by atoms with Gasteiger partial charge in [-0.15, -0.1) is 17.0 Å². The second kappa shape index (κ2) is 4.60. The third kappa shape index (κ3) is 2.34. The zero-order valence-electron chi connectivity index (χ0n) is 8.30. The second-order valence-corrected chi connectivity index (χ2v) is 3.97. The molecule has 0 saturated heterocycles. The molecule has 76 valence electrons. The predicted octanol–water partition coefficient (Wildman–Crippen LogP) is 3.66. The molecule has 1 heterocycles. The van der Waals surface area contributed by atoms with E-state index in [4.69, 9.17) is 4.74 Å². The van der Waals surface area contributed by atoms with Crippen molar-refractivity contribution in [3.63, 3.8) is 0 Å². The van der Waals surface area contributed by atoms with Crippen molar-refractivity contribution in [2.75, 3.05) is 0 Å². The molecule has 0 spiro atoms. The highest BCUT2D eigenvalue weighted by Crippen LogP contribution is 2.36. The van der Waals surface area contributed by atoms with Gasteiger partial charge in [-0.25, -0.2) is 4.99 Å². The Hall–Kier alpha value is 0.170. The van der Waals surface area contributed by atoms with Crippen LogP contribution in [0.1, 0.15) is 27.7 Å². The monoisotopic (exact) mass is 311 g/mol. The van der Waals surface area contributed by atoms with Crippen LogP contribution in [0.2, 0.25) is 0 Å². The maximum Gasteiger partial charge on any atom is 0.187 e. The highest BCUT2D eigenvalue weighted by atomic mass is 79.9. The van der Waals surface area contributed by atoms with Gasteiger partial charge in [0.25, 0.3) is 0 Å². The lowest BCUT2D eigenvalue weighted by Crippen LogP contribution is -2.28. The summed E-state index contributed by atoms with van der Waals surface area (Å²) in [5.74, 6) is 2.09.